The number of hydrogen-bond acceptors (Lipinski definition) is 4. The summed E-state index contributed by atoms with van der Waals surface area (Å²) in [5, 5.41) is 9.39. The fraction of sp³-hybridized carbons (Fsp3) is 0.375. The van der Waals surface area contributed by atoms with Crippen molar-refractivity contribution < 1.29 is 28.6 Å². The van der Waals surface area contributed by atoms with Crippen molar-refractivity contribution in [1.29, 1.82) is 0 Å². The van der Waals surface area contributed by atoms with E-state index in [4.69, 9.17) is 9.47 Å². The van der Waals surface area contributed by atoms with Gasteiger partial charge in [-0.25, -0.2) is 4.39 Å². The Balaban J connectivity index is 1.60. The van der Waals surface area contributed by atoms with E-state index in [1.165, 1.54) is 13.2 Å². The summed E-state index contributed by atoms with van der Waals surface area (Å²) in [6.45, 7) is 5.72. The number of carboxylic acids is 1. The number of ether oxygens (including phenoxy) is 2. The molecule has 3 aromatic carbocycles. The van der Waals surface area contributed by atoms with Crippen LogP contribution >= 0.6 is 0 Å². The van der Waals surface area contributed by atoms with Gasteiger partial charge >= 0.3 is 5.97 Å². The first-order valence-corrected chi connectivity index (χ1v) is 13.0. The summed E-state index contributed by atoms with van der Waals surface area (Å²) >= 11 is 0. The largest absolute Gasteiger partial charge is 0.497 e. The van der Waals surface area contributed by atoms with Crippen molar-refractivity contribution in [2.45, 2.75) is 59.0 Å². The molecule has 1 N–H and O–H groups in total. The molecule has 0 unspecified atom stereocenters. The summed E-state index contributed by atoms with van der Waals surface area (Å²) in [6, 6.07) is 17.4. The Kier molecular flexibility index (Phi) is 8.20. The monoisotopic (exact) mass is 518 g/mol. The summed E-state index contributed by atoms with van der Waals surface area (Å²) in [5.74, 6) is 0.371. The Morgan fingerprint density at radius 2 is 1.76 bits per heavy atom. The third-order valence-corrected chi connectivity index (χ3v) is 6.94. The van der Waals surface area contributed by atoms with Crippen LogP contribution in [0.25, 0.3) is 11.1 Å². The summed E-state index contributed by atoms with van der Waals surface area (Å²) < 4.78 is 26.2. The van der Waals surface area contributed by atoms with Gasteiger partial charge in [-0.1, -0.05) is 57.9 Å². The van der Waals surface area contributed by atoms with Crippen molar-refractivity contribution in [2.24, 2.45) is 11.3 Å². The maximum absolute atomic E-state index is 14.8. The van der Waals surface area contributed by atoms with Crippen molar-refractivity contribution in [3.63, 3.8) is 0 Å². The van der Waals surface area contributed by atoms with E-state index in [1.807, 2.05) is 51.1 Å². The van der Waals surface area contributed by atoms with Gasteiger partial charge in [-0.3, -0.25) is 9.59 Å². The van der Waals surface area contributed by atoms with Crippen LogP contribution in [0, 0.1) is 17.2 Å². The number of rotatable bonds is 11. The zero-order chi connectivity index (χ0) is 27.4. The lowest BCUT2D eigenvalue weighted by atomic mass is 9.82. The van der Waals surface area contributed by atoms with E-state index < -0.39 is 17.2 Å². The number of benzene rings is 3. The molecule has 4 rings (SSSR count). The number of ketones is 1. The number of Topliss-reactive ketones (excluding diaryl/α,β-unsaturated/α-hetero) is 1. The molecule has 0 saturated heterocycles. The number of carbonyl (C=O) groups is 2. The molecule has 5 nitrogen and oxygen atoms in total. The zero-order valence-electron chi connectivity index (χ0n) is 22.4. The summed E-state index contributed by atoms with van der Waals surface area (Å²) in [5.41, 5.74) is 2.30. The van der Waals surface area contributed by atoms with Crippen LogP contribution < -0.4 is 9.47 Å². The average Bonchev–Trinajstić information content (AvgIpc) is 3.70. The van der Waals surface area contributed by atoms with Crippen LogP contribution in [0.3, 0.4) is 0 Å². The lowest BCUT2D eigenvalue weighted by Gasteiger charge is -2.21. The van der Waals surface area contributed by atoms with E-state index in [0.29, 0.717) is 34.1 Å². The van der Waals surface area contributed by atoms with Crippen LogP contribution in [0.15, 0.2) is 60.7 Å². The Morgan fingerprint density at radius 1 is 1.00 bits per heavy atom. The van der Waals surface area contributed by atoms with Gasteiger partial charge in [0.05, 0.1) is 13.5 Å². The van der Waals surface area contributed by atoms with Crippen molar-refractivity contribution in [3.05, 3.63) is 83.2 Å². The highest BCUT2D eigenvalue weighted by molar-refractivity contribution is 6.05. The average molecular weight is 519 g/mol. The van der Waals surface area contributed by atoms with Crippen molar-refractivity contribution in [2.75, 3.05) is 7.11 Å². The quantitative estimate of drug-likeness (QED) is 0.264. The molecule has 1 fully saturated rings. The molecule has 0 aromatic heterocycles. The van der Waals surface area contributed by atoms with Gasteiger partial charge in [-0.2, -0.15) is 0 Å². The zero-order valence-corrected chi connectivity index (χ0v) is 22.4. The molecule has 6 heteroatoms. The van der Waals surface area contributed by atoms with E-state index in [2.05, 4.69) is 0 Å². The number of carbonyl (C=O) groups excluding carboxylic acids is 1. The van der Waals surface area contributed by atoms with Gasteiger partial charge < -0.3 is 14.6 Å². The molecule has 0 radical (unpaired) electrons. The van der Waals surface area contributed by atoms with E-state index in [-0.39, 0.29) is 24.7 Å². The minimum atomic E-state index is -0.800. The molecule has 0 spiro atoms. The summed E-state index contributed by atoms with van der Waals surface area (Å²) in [7, 11) is 1.52. The molecule has 200 valence electrons. The van der Waals surface area contributed by atoms with Gasteiger partial charge in [0, 0.05) is 16.5 Å². The van der Waals surface area contributed by atoms with Crippen molar-refractivity contribution in [3.8, 4) is 22.6 Å². The first-order valence-electron chi connectivity index (χ1n) is 13.0. The number of aliphatic carboxylic acids is 1. The van der Waals surface area contributed by atoms with Gasteiger partial charge in [0.15, 0.2) is 5.78 Å². The minimum Gasteiger partial charge on any atom is -0.497 e. The first kappa shape index (κ1) is 27.4. The third-order valence-electron chi connectivity index (χ3n) is 6.94. The molecule has 0 aliphatic heterocycles. The van der Waals surface area contributed by atoms with Crippen LogP contribution in [-0.2, 0) is 11.4 Å². The number of methoxy groups -OCH3 is 1. The summed E-state index contributed by atoms with van der Waals surface area (Å²) in [4.78, 5) is 24.8. The molecule has 1 aliphatic carbocycles. The van der Waals surface area contributed by atoms with Crippen LogP contribution in [-0.4, -0.2) is 24.0 Å². The Morgan fingerprint density at radius 3 is 2.42 bits per heavy atom. The molecule has 0 bridgehead atoms. The predicted molar refractivity (Wildman–Crippen MR) is 145 cm³/mol. The highest BCUT2D eigenvalue weighted by Crippen LogP contribution is 2.40. The normalized spacial score (nSPS) is 14.1. The molecule has 1 saturated carbocycles. The van der Waals surface area contributed by atoms with Gasteiger partial charge in [0.25, 0.3) is 0 Å². The number of halogens is 1. The van der Waals surface area contributed by atoms with E-state index in [9.17, 15) is 19.1 Å². The first-order chi connectivity index (χ1) is 18.0. The predicted octanol–water partition coefficient (Wildman–Crippen LogP) is 7.67. The molecule has 3 aromatic rings. The molecular formula is C32H35FO5. The highest BCUT2D eigenvalue weighted by Gasteiger charge is 2.28. The minimum absolute atomic E-state index is 0.0448. The second-order valence-electron chi connectivity index (χ2n) is 11.1. The topological polar surface area (TPSA) is 72.8 Å². The Labute approximate surface area is 223 Å². The van der Waals surface area contributed by atoms with Crippen LogP contribution in [0.1, 0.15) is 73.9 Å². The highest BCUT2D eigenvalue weighted by atomic mass is 19.1. The lowest BCUT2D eigenvalue weighted by Crippen LogP contribution is -2.21. The molecule has 0 amide bonds. The van der Waals surface area contributed by atoms with Crippen molar-refractivity contribution in [1.82, 2.24) is 0 Å². The Hall–Kier alpha value is -3.67. The molecule has 0 heterocycles. The van der Waals surface area contributed by atoms with Crippen molar-refractivity contribution >= 4 is 11.8 Å². The second kappa shape index (κ2) is 11.4. The molecule has 38 heavy (non-hydrogen) atoms. The van der Waals surface area contributed by atoms with Crippen LogP contribution in [0.5, 0.6) is 11.5 Å². The maximum Gasteiger partial charge on any atom is 0.303 e. The number of carboxylic acid groups (broad SMARTS) is 1. The van der Waals surface area contributed by atoms with Gasteiger partial charge in [0.2, 0.25) is 0 Å². The smallest absolute Gasteiger partial charge is 0.303 e. The standard InChI is InChI=1S/C32H35FO5/c1-32(2,3)31(36)28-15-21(10-12-26(28)27-18-24(37-4)11-13-29(27)33)19-38-25-7-5-6-22(16-25)23(17-30(34)35)14-20-8-9-20/h5-7,10-13,15-16,18,20,23H,8-9,14,17,19H2,1-4H3,(H,34,35)/t23-/m1/s1. The molecule has 1 atom stereocenters. The van der Waals surface area contributed by atoms with E-state index >= 15 is 0 Å². The summed E-state index contributed by atoms with van der Waals surface area (Å²) in [6.07, 6.45) is 3.30. The van der Waals surface area contributed by atoms with Gasteiger partial charge in [0.1, 0.15) is 23.9 Å². The fourth-order valence-corrected chi connectivity index (χ4v) is 4.67. The van der Waals surface area contributed by atoms with Crippen LogP contribution in [0.2, 0.25) is 0 Å². The third kappa shape index (κ3) is 6.80. The fourth-order valence-electron chi connectivity index (χ4n) is 4.67. The SMILES string of the molecule is COc1ccc(F)c(-c2ccc(COc3cccc([C@@H](CC(=O)O)CC4CC4)c3)cc2C(=O)C(C)(C)C)c1. The van der Waals surface area contributed by atoms with Crippen LogP contribution in [0.4, 0.5) is 4.39 Å². The maximum atomic E-state index is 14.8. The number of hydrogen-bond donors (Lipinski definition) is 1. The molecule has 1 aliphatic rings. The lowest BCUT2D eigenvalue weighted by molar-refractivity contribution is -0.137. The Bertz CT molecular complexity index is 1320. The van der Waals surface area contributed by atoms with Gasteiger partial charge in [-0.05, 0) is 71.3 Å². The van der Waals surface area contributed by atoms with E-state index in [1.54, 1.807) is 24.3 Å². The second-order valence-corrected chi connectivity index (χ2v) is 11.1. The molecular weight excluding hydrogens is 483 g/mol. The van der Waals surface area contributed by atoms with Gasteiger partial charge in [-0.15, -0.1) is 0 Å². The van der Waals surface area contributed by atoms with E-state index in [0.717, 1.165) is 30.4 Å².